The summed E-state index contributed by atoms with van der Waals surface area (Å²) in [5.41, 5.74) is 2.29. The first-order chi connectivity index (χ1) is 13.2. The molecule has 0 unspecified atom stereocenters. The van der Waals surface area contributed by atoms with E-state index in [-0.39, 0.29) is 5.91 Å². The number of anilines is 2. The van der Waals surface area contributed by atoms with E-state index in [1.807, 2.05) is 61.5 Å². The minimum Gasteiger partial charge on any atom is -0.489 e. The first kappa shape index (κ1) is 18.4. The number of aromatic nitrogens is 2. The van der Waals surface area contributed by atoms with Gasteiger partial charge in [0.05, 0.1) is 12.4 Å². The molecule has 3 rings (SSSR count). The Morgan fingerprint density at radius 2 is 1.78 bits per heavy atom. The van der Waals surface area contributed by atoms with Crippen LogP contribution in [0.2, 0.25) is 0 Å². The van der Waals surface area contributed by atoms with E-state index in [1.54, 1.807) is 6.20 Å². The maximum absolute atomic E-state index is 11.8. The van der Waals surface area contributed by atoms with Crippen molar-refractivity contribution in [3.05, 3.63) is 78.2 Å². The molecule has 0 fully saturated rings. The van der Waals surface area contributed by atoms with Gasteiger partial charge in [0, 0.05) is 12.2 Å². The summed E-state index contributed by atoms with van der Waals surface area (Å²) in [4.78, 5) is 20.2. The molecule has 0 aliphatic heterocycles. The van der Waals surface area contributed by atoms with Gasteiger partial charge in [-0.15, -0.1) is 0 Å². The topological polar surface area (TPSA) is 76.1 Å². The number of hydrogen-bond donors (Lipinski definition) is 2. The Balaban J connectivity index is 1.54. The first-order valence-electron chi connectivity index (χ1n) is 8.88. The van der Waals surface area contributed by atoms with E-state index < -0.39 is 0 Å². The van der Waals surface area contributed by atoms with E-state index in [9.17, 15) is 4.79 Å². The summed E-state index contributed by atoms with van der Waals surface area (Å²) in [6.45, 7) is 3.15. The van der Waals surface area contributed by atoms with E-state index >= 15 is 0 Å². The lowest BCUT2D eigenvalue weighted by Gasteiger charge is -2.09. The summed E-state index contributed by atoms with van der Waals surface area (Å²) in [7, 11) is 0. The minimum absolute atomic E-state index is 0.212. The lowest BCUT2D eigenvalue weighted by Crippen LogP contribution is -2.25. The van der Waals surface area contributed by atoms with Crippen molar-refractivity contribution < 1.29 is 9.53 Å². The molecule has 0 saturated carbocycles. The molecule has 2 aromatic carbocycles. The van der Waals surface area contributed by atoms with Crippen LogP contribution in [0.15, 0.2) is 67.0 Å². The number of carbonyl (C=O) groups is 1. The molecule has 6 heteroatoms. The standard InChI is InChI=1S/C21H22N4O2/c1-2-12-22-21(26)19-13-24-20(14-23-19)25-17-8-10-18(11-9-17)27-15-16-6-4-3-5-7-16/h3-11,13-14H,2,12,15H2,1H3,(H,22,26)(H,24,25). The maximum Gasteiger partial charge on any atom is 0.271 e. The molecule has 0 saturated heterocycles. The van der Waals surface area contributed by atoms with Crippen molar-refractivity contribution >= 4 is 17.4 Å². The van der Waals surface area contributed by atoms with E-state index in [4.69, 9.17) is 4.74 Å². The van der Waals surface area contributed by atoms with Crippen LogP contribution in [0.4, 0.5) is 11.5 Å². The van der Waals surface area contributed by atoms with Gasteiger partial charge in [0.15, 0.2) is 0 Å². The third-order valence-electron chi connectivity index (χ3n) is 3.80. The summed E-state index contributed by atoms with van der Waals surface area (Å²) in [5, 5.41) is 5.93. The first-order valence-corrected chi connectivity index (χ1v) is 8.88. The van der Waals surface area contributed by atoms with Crippen molar-refractivity contribution in [3.63, 3.8) is 0 Å². The molecule has 0 atom stereocenters. The van der Waals surface area contributed by atoms with Gasteiger partial charge in [-0.1, -0.05) is 37.3 Å². The number of ether oxygens (including phenoxy) is 1. The van der Waals surface area contributed by atoms with Crippen molar-refractivity contribution in [2.75, 3.05) is 11.9 Å². The van der Waals surface area contributed by atoms with Gasteiger partial charge in [0.2, 0.25) is 0 Å². The molecule has 1 aromatic heterocycles. The van der Waals surface area contributed by atoms with Gasteiger partial charge >= 0.3 is 0 Å². The zero-order valence-electron chi connectivity index (χ0n) is 15.2. The summed E-state index contributed by atoms with van der Waals surface area (Å²) < 4.78 is 5.77. The summed E-state index contributed by atoms with van der Waals surface area (Å²) in [6, 6.07) is 17.6. The third-order valence-corrected chi connectivity index (χ3v) is 3.80. The molecule has 2 N–H and O–H groups in total. The lowest BCUT2D eigenvalue weighted by molar-refractivity contribution is 0.0948. The normalized spacial score (nSPS) is 10.3. The van der Waals surface area contributed by atoms with Crippen molar-refractivity contribution in [1.29, 1.82) is 0 Å². The predicted molar refractivity (Wildman–Crippen MR) is 105 cm³/mol. The second kappa shape index (κ2) is 9.33. The van der Waals surface area contributed by atoms with E-state index in [0.717, 1.165) is 23.4 Å². The molecule has 27 heavy (non-hydrogen) atoms. The van der Waals surface area contributed by atoms with Gasteiger partial charge in [0.1, 0.15) is 23.9 Å². The average Bonchev–Trinajstić information content (AvgIpc) is 2.73. The van der Waals surface area contributed by atoms with Crippen LogP contribution >= 0.6 is 0 Å². The number of carbonyl (C=O) groups excluding carboxylic acids is 1. The number of nitrogens with one attached hydrogen (secondary N) is 2. The molecular formula is C21H22N4O2. The predicted octanol–water partition coefficient (Wildman–Crippen LogP) is 3.94. The smallest absolute Gasteiger partial charge is 0.271 e. The van der Waals surface area contributed by atoms with Gasteiger partial charge < -0.3 is 15.4 Å². The molecular weight excluding hydrogens is 340 g/mol. The fraction of sp³-hybridized carbons (Fsp3) is 0.190. The van der Waals surface area contributed by atoms with Crippen LogP contribution in [0.25, 0.3) is 0 Å². The van der Waals surface area contributed by atoms with E-state index in [2.05, 4.69) is 20.6 Å². The van der Waals surface area contributed by atoms with Crippen molar-refractivity contribution in [2.24, 2.45) is 0 Å². The third kappa shape index (κ3) is 5.54. The Kier molecular flexibility index (Phi) is 6.35. The number of hydrogen-bond acceptors (Lipinski definition) is 5. The molecule has 6 nitrogen and oxygen atoms in total. The Morgan fingerprint density at radius 1 is 1.00 bits per heavy atom. The number of rotatable bonds is 8. The molecule has 1 heterocycles. The molecule has 0 radical (unpaired) electrons. The van der Waals surface area contributed by atoms with Crippen LogP contribution in [0, 0.1) is 0 Å². The van der Waals surface area contributed by atoms with Crippen molar-refractivity contribution in [2.45, 2.75) is 20.0 Å². The Hall–Kier alpha value is -3.41. The van der Waals surface area contributed by atoms with Crippen LogP contribution in [-0.2, 0) is 6.61 Å². The second-order valence-electron chi connectivity index (χ2n) is 5.97. The number of benzene rings is 2. The van der Waals surface area contributed by atoms with Gasteiger partial charge in [-0.05, 0) is 36.2 Å². The number of nitrogens with zero attached hydrogens (tertiary/aromatic N) is 2. The zero-order valence-corrected chi connectivity index (χ0v) is 15.2. The Bertz CT molecular complexity index is 850. The molecule has 3 aromatic rings. The Morgan fingerprint density at radius 3 is 2.44 bits per heavy atom. The van der Waals surface area contributed by atoms with Crippen LogP contribution in [0.3, 0.4) is 0 Å². The van der Waals surface area contributed by atoms with Crippen LogP contribution in [0.1, 0.15) is 29.4 Å². The Labute approximate surface area is 158 Å². The van der Waals surface area contributed by atoms with Gasteiger partial charge in [-0.2, -0.15) is 0 Å². The second-order valence-corrected chi connectivity index (χ2v) is 5.97. The van der Waals surface area contributed by atoms with Crippen LogP contribution in [0.5, 0.6) is 5.75 Å². The van der Waals surface area contributed by atoms with Crippen LogP contribution in [-0.4, -0.2) is 22.4 Å². The van der Waals surface area contributed by atoms with Crippen molar-refractivity contribution in [3.8, 4) is 5.75 Å². The molecule has 138 valence electrons. The van der Waals surface area contributed by atoms with Gasteiger partial charge in [-0.3, -0.25) is 4.79 Å². The maximum atomic E-state index is 11.8. The average molecular weight is 362 g/mol. The minimum atomic E-state index is -0.212. The highest BCUT2D eigenvalue weighted by molar-refractivity contribution is 5.92. The zero-order chi connectivity index (χ0) is 18.9. The van der Waals surface area contributed by atoms with Gasteiger partial charge in [0.25, 0.3) is 5.91 Å². The highest BCUT2D eigenvalue weighted by Gasteiger charge is 2.07. The fourth-order valence-electron chi connectivity index (χ4n) is 2.36. The summed E-state index contributed by atoms with van der Waals surface area (Å²) in [5.74, 6) is 1.15. The summed E-state index contributed by atoms with van der Waals surface area (Å²) in [6.07, 6.45) is 3.88. The molecule has 0 bridgehead atoms. The van der Waals surface area contributed by atoms with Gasteiger partial charge in [-0.25, -0.2) is 9.97 Å². The fourth-order valence-corrected chi connectivity index (χ4v) is 2.36. The molecule has 0 spiro atoms. The molecule has 0 aliphatic rings. The highest BCUT2D eigenvalue weighted by Crippen LogP contribution is 2.19. The lowest BCUT2D eigenvalue weighted by atomic mass is 10.2. The van der Waals surface area contributed by atoms with E-state index in [1.165, 1.54) is 6.20 Å². The quantitative estimate of drug-likeness (QED) is 0.635. The van der Waals surface area contributed by atoms with Crippen LogP contribution < -0.4 is 15.4 Å². The molecule has 0 aliphatic carbocycles. The summed E-state index contributed by atoms with van der Waals surface area (Å²) >= 11 is 0. The van der Waals surface area contributed by atoms with Crippen molar-refractivity contribution in [1.82, 2.24) is 15.3 Å². The number of amides is 1. The SMILES string of the molecule is CCCNC(=O)c1cnc(Nc2ccc(OCc3ccccc3)cc2)cn1. The molecule has 1 amide bonds. The highest BCUT2D eigenvalue weighted by atomic mass is 16.5. The van der Waals surface area contributed by atoms with E-state index in [0.29, 0.717) is 24.7 Å². The largest absolute Gasteiger partial charge is 0.489 e. The monoisotopic (exact) mass is 362 g/mol.